The molecule has 0 aliphatic carbocycles. The van der Waals surface area contributed by atoms with Crippen molar-refractivity contribution in [1.82, 2.24) is 0 Å². The summed E-state index contributed by atoms with van der Waals surface area (Å²) in [6, 6.07) is 7.12. The molecule has 2 heteroatoms. The maximum Gasteiger partial charge on any atom is 0.144 e. The molecule has 63 valence electrons. The van der Waals surface area contributed by atoms with Crippen LogP contribution in [0.25, 0.3) is 0 Å². The van der Waals surface area contributed by atoms with Crippen LogP contribution in [0.3, 0.4) is 0 Å². The number of hydrogen-bond donors (Lipinski definition) is 1. The van der Waals surface area contributed by atoms with E-state index >= 15 is 0 Å². The second kappa shape index (κ2) is 3.93. The molecular formula is C10H11O2. The van der Waals surface area contributed by atoms with Crippen LogP contribution >= 0.6 is 0 Å². The van der Waals surface area contributed by atoms with E-state index in [9.17, 15) is 5.11 Å². The van der Waals surface area contributed by atoms with Gasteiger partial charge in [-0.3, -0.25) is 0 Å². The highest BCUT2D eigenvalue weighted by molar-refractivity contribution is 5.36. The Morgan fingerprint density at radius 2 is 2.00 bits per heavy atom. The summed E-state index contributed by atoms with van der Waals surface area (Å²) in [5, 5.41) is 9.25. The molecule has 0 heterocycles. The molecule has 2 nitrogen and oxygen atoms in total. The standard InChI is InChI=1S/C10H11O2/c1-3-10(11)8-4-6-9(12-2)7-5-8/h3-7,11H,1H2,2H3. The molecule has 0 aromatic heterocycles. The Bertz CT molecular complexity index is 251. The van der Waals surface area contributed by atoms with Crippen molar-refractivity contribution in [2.24, 2.45) is 0 Å². The molecule has 0 aliphatic heterocycles. The van der Waals surface area contributed by atoms with Crippen LogP contribution in [0.2, 0.25) is 0 Å². The Kier molecular flexibility index (Phi) is 2.88. The van der Waals surface area contributed by atoms with Gasteiger partial charge in [-0.25, -0.2) is 0 Å². The lowest BCUT2D eigenvalue weighted by Gasteiger charge is -2.04. The van der Waals surface area contributed by atoms with Crippen molar-refractivity contribution >= 4 is 0 Å². The average molecular weight is 163 g/mol. The lowest BCUT2D eigenvalue weighted by molar-refractivity contribution is 0.363. The molecule has 0 fully saturated rings. The van der Waals surface area contributed by atoms with Gasteiger partial charge in [0.05, 0.1) is 7.11 Å². The second-order valence-corrected chi connectivity index (χ2v) is 2.32. The molecule has 0 amide bonds. The van der Waals surface area contributed by atoms with Gasteiger partial charge in [0.2, 0.25) is 0 Å². The van der Waals surface area contributed by atoms with Crippen molar-refractivity contribution in [3.63, 3.8) is 0 Å². The van der Waals surface area contributed by atoms with Gasteiger partial charge in [0.25, 0.3) is 0 Å². The highest BCUT2D eigenvalue weighted by atomic mass is 16.5. The topological polar surface area (TPSA) is 29.5 Å². The molecule has 0 unspecified atom stereocenters. The van der Waals surface area contributed by atoms with E-state index in [1.165, 1.54) is 6.08 Å². The van der Waals surface area contributed by atoms with Gasteiger partial charge in [-0.15, -0.1) is 0 Å². The quantitative estimate of drug-likeness (QED) is 0.739. The molecule has 1 N–H and O–H groups in total. The monoisotopic (exact) mass is 163 g/mol. The Balaban J connectivity index is 2.84. The summed E-state index contributed by atoms with van der Waals surface area (Å²) in [6.45, 7) is 3.46. The van der Waals surface area contributed by atoms with Crippen molar-refractivity contribution in [2.45, 2.75) is 0 Å². The SMILES string of the molecule is C=C[C](O)c1ccc(OC)cc1. The third kappa shape index (κ3) is 1.86. The first-order valence-corrected chi connectivity index (χ1v) is 3.60. The van der Waals surface area contributed by atoms with E-state index in [2.05, 4.69) is 6.58 Å². The molecule has 0 aliphatic rings. The lowest BCUT2D eigenvalue weighted by atomic mass is 10.1. The predicted octanol–water partition coefficient (Wildman–Crippen LogP) is 2.13. The summed E-state index contributed by atoms with van der Waals surface area (Å²) < 4.78 is 4.97. The van der Waals surface area contributed by atoms with Crippen molar-refractivity contribution in [1.29, 1.82) is 0 Å². The van der Waals surface area contributed by atoms with E-state index in [4.69, 9.17) is 4.74 Å². The van der Waals surface area contributed by atoms with Crippen LogP contribution in [0.4, 0.5) is 0 Å². The van der Waals surface area contributed by atoms with E-state index in [1.807, 2.05) is 0 Å². The van der Waals surface area contributed by atoms with Crippen LogP contribution < -0.4 is 4.74 Å². The number of ether oxygens (including phenoxy) is 1. The maximum absolute atomic E-state index is 9.25. The zero-order chi connectivity index (χ0) is 8.97. The fraction of sp³-hybridized carbons (Fsp3) is 0.100. The van der Waals surface area contributed by atoms with Gasteiger partial charge in [0.1, 0.15) is 11.9 Å². The first-order valence-electron chi connectivity index (χ1n) is 3.60. The summed E-state index contributed by atoms with van der Waals surface area (Å²) in [4.78, 5) is 0. The van der Waals surface area contributed by atoms with E-state index in [1.54, 1.807) is 31.4 Å². The molecule has 0 saturated carbocycles. The minimum atomic E-state index is 0.178. The first kappa shape index (κ1) is 8.81. The summed E-state index contributed by atoms with van der Waals surface area (Å²) in [7, 11) is 1.60. The van der Waals surface area contributed by atoms with E-state index in [0.717, 1.165) is 11.3 Å². The second-order valence-electron chi connectivity index (χ2n) is 2.32. The van der Waals surface area contributed by atoms with Crippen LogP contribution in [0.15, 0.2) is 36.9 Å². The lowest BCUT2D eigenvalue weighted by Crippen LogP contribution is -1.93. The van der Waals surface area contributed by atoms with Gasteiger partial charge >= 0.3 is 0 Å². The zero-order valence-electron chi connectivity index (χ0n) is 6.95. The van der Waals surface area contributed by atoms with Crippen LogP contribution in [-0.4, -0.2) is 12.2 Å². The minimum absolute atomic E-state index is 0.178. The van der Waals surface area contributed by atoms with E-state index < -0.39 is 0 Å². The molecule has 1 aromatic rings. The first-order chi connectivity index (χ1) is 5.77. The van der Waals surface area contributed by atoms with Crippen LogP contribution in [-0.2, 0) is 0 Å². The Labute approximate surface area is 72.1 Å². The molecule has 0 bridgehead atoms. The molecule has 0 spiro atoms. The van der Waals surface area contributed by atoms with Gasteiger partial charge < -0.3 is 9.84 Å². The summed E-state index contributed by atoms with van der Waals surface area (Å²) in [5.41, 5.74) is 0.741. The number of aliphatic hydroxyl groups excluding tert-OH is 1. The highest BCUT2D eigenvalue weighted by Gasteiger charge is 2.02. The number of methoxy groups -OCH3 is 1. The Morgan fingerprint density at radius 1 is 1.42 bits per heavy atom. The Hall–Kier alpha value is -1.28. The number of hydrogen-bond acceptors (Lipinski definition) is 2. The fourth-order valence-corrected chi connectivity index (χ4v) is 0.880. The number of rotatable bonds is 3. The maximum atomic E-state index is 9.25. The van der Waals surface area contributed by atoms with Crippen molar-refractivity contribution in [2.75, 3.05) is 7.11 Å². The molecule has 1 radical (unpaired) electrons. The highest BCUT2D eigenvalue weighted by Crippen LogP contribution is 2.16. The largest absolute Gasteiger partial charge is 0.497 e. The third-order valence-electron chi connectivity index (χ3n) is 1.58. The molecule has 12 heavy (non-hydrogen) atoms. The molecule has 1 aromatic carbocycles. The van der Waals surface area contributed by atoms with Gasteiger partial charge in [0.15, 0.2) is 0 Å². The predicted molar refractivity (Wildman–Crippen MR) is 47.5 cm³/mol. The Morgan fingerprint density at radius 3 is 2.42 bits per heavy atom. The normalized spacial score (nSPS) is 9.92. The van der Waals surface area contributed by atoms with Crippen molar-refractivity contribution < 1.29 is 9.84 Å². The molecule has 1 rings (SSSR count). The molecule has 0 atom stereocenters. The number of benzene rings is 1. The van der Waals surface area contributed by atoms with Crippen LogP contribution in [0, 0.1) is 6.10 Å². The van der Waals surface area contributed by atoms with Gasteiger partial charge in [-0.1, -0.05) is 24.8 Å². The minimum Gasteiger partial charge on any atom is -0.497 e. The van der Waals surface area contributed by atoms with E-state index in [-0.39, 0.29) is 6.10 Å². The summed E-state index contributed by atoms with van der Waals surface area (Å²) in [6.07, 6.45) is 1.58. The van der Waals surface area contributed by atoms with Gasteiger partial charge in [-0.2, -0.15) is 0 Å². The van der Waals surface area contributed by atoms with Crippen molar-refractivity contribution in [3.8, 4) is 5.75 Å². The van der Waals surface area contributed by atoms with Crippen LogP contribution in [0.5, 0.6) is 5.75 Å². The number of aliphatic hydroxyl groups is 1. The molecule has 0 saturated heterocycles. The van der Waals surface area contributed by atoms with Crippen molar-refractivity contribution in [3.05, 3.63) is 48.6 Å². The summed E-state index contributed by atoms with van der Waals surface area (Å²) >= 11 is 0. The van der Waals surface area contributed by atoms with Gasteiger partial charge in [0, 0.05) is 0 Å². The average Bonchev–Trinajstić information content (AvgIpc) is 2.17. The van der Waals surface area contributed by atoms with Crippen LogP contribution in [0.1, 0.15) is 5.56 Å². The van der Waals surface area contributed by atoms with E-state index in [0.29, 0.717) is 0 Å². The third-order valence-corrected chi connectivity index (χ3v) is 1.58. The molecular weight excluding hydrogens is 152 g/mol. The van der Waals surface area contributed by atoms with Gasteiger partial charge in [-0.05, 0) is 17.7 Å². The smallest absolute Gasteiger partial charge is 0.144 e. The fourth-order valence-electron chi connectivity index (χ4n) is 0.880. The zero-order valence-corrected chi connectivity index (χ0v) is 6.95. The summed E-state index contributed by atoms with van der Waals surface area (Å²) in [5.74, 6) is 0.774.